The Kier molecular flexibility index (Phi) is 5.19. The van der Waals surface area contributed by atoms with Crippen molar-refractivity contribution in [1.29, 1.82) is 0 Å². The Morgan fingerprint density at radius 1 is 1.27 bits per heavy atom. The number of aromatic amines is 1. The van der Waals surface area contributed by atoms with Crippen LogP contribution in [-0.2, 0) is 11.2 Å². The van der Waals surface area contributed by atoms with E-state index in [2.05, 4.69) is 42.7 Å². The van der Waals surface area contributed by atoms with E-state index >= 15 is 0 Å². The van der Waals surface area contributed by atoms with Gasteiger partial charge in [-0.3, -0.25) is 4.79 Å². The van der Waals surface area contributed by atoms with E-state index in [4.69, 9.17) is 4.74 Å². The van der Waals surface area contributed by atoms with Crippen molar-refractivity contribution >= 4 is 26.9 Å². The van der Waals surface area contributed by atoms with Gasteiger partial charge in [0.2, 0.25) is 0 Å². The molecular weight excluding hydrogens is 296 g/mol. The topological polar surface area (TPSA) is 45.3 Å². The first-order valence-electron chi connectivity index (χ1n) is 7.36. The molecule has 2 rings (SSSR count). The number of H-pyrrole nitrogens is 1. The number of nitrogens with zero attached hydrogens (tertiary/aromatic N) is 1. The van der Waals surface area contributed by atoms with E-state index in [0.717, 1.165) is 23.9 Å². The molecule has 0 bridgehead atoms. The highest BCUT2D eigenvalue weighted by Crippen LogP contribution is 2.35. The van der Waals surface area contributed by atoms with Crippen LogP contribution in [0.5, 0.6) is 5.75 Å². The predicted octanol–water partition coefficient (Wildman–Crippen LogP) is 2.87. The molecule has 4 nitrogen and oxygen atoms in total. The van der Waals surface area contributed by atoms with Crippen LogP contribution in [0.1, 0.15) is 5.56 Å². The molecule has 0 aliphatic rings. The van der Waals surface area contributed by atoms with Gasteiger partial charge in [-0.2, -0.15) is 0 Å². The molecule has 0 saturated carbocycles. The van der Waals surface area contributed by atoms with E-state index in [1.165, 1.54) is 5.56 Å². The Morgan fingerprint density at radius 2 is 2.00 bits per heavy atom. The van der Waals surface area contributed by atoms with Crippen LogP contribution in [0.2, 0.25) is 0 Å². The zero-order valence-corrected chi connectivity index (χ0v) is 14.9. The quantitative estimate of drug-likeness (QED) is 0.657. The lowest BCUT2D eigenvalue weighted by molar-refractivity contribution is -0.131. The van der Waals surface area contributed by atoms with Crippen LogP contribution in [0.15, 0.2) is 24.4 Å². The number of carbonyl (C=O) groups is 1. The van der Waals surface area contributed by atoms with Gasteiger partial charge in [0.15, 0.2) is 0 Å². The molecule has 0 atom stereocenters. The third-order valence-electron chi connectivity index (χ3n) is 3.35. The lowest BCUT2D eigenvalue weighted by atomic mass is 10.1. The minimum absolute atomic E-state index is 0.144. The van der Waals surface area contributed by atoms with E-state index < -0.39 is 10.0 Å². The zero-order chi connectivity index (χ0) is 16.3. The van der Waals surface area contributed by atoms with E-state index in [-0.39, 0.29) is 5.97 Å². The first-order chi connectivity index (χ1) is 10.3. The molecule has 0 fully saturated rings. The molecule has 0 aliphatic carbocycles. The number of hydrogen-bond acceptors (Lipinski definition) is 3. The summed E-state index contributed by atoms with van der Waals surface area (Å²) in [5.41, 5.74) is 2.21. The van der Waals surface area contributed by atoms with Crippen LogP contribution in [0, 0.1) is 0 Å². The summed E-state index contributed by atoms with van der Waals surface area (Å²) < 4.78 is 5.66. The normalized spacial score (nSPS) is 12.8. The molecule has 0 spiro atoms. The predicted molar refractivity (Wildman–Crippen MR) is 96.4 cm³/mol. The molecule has 22 heavy (non-hydrogen) atoms. The standard InChI is InChI=1S/C17H26N2O2S/c1-19(2)10-9-13-11-18-14-7-6-8-15(17(13)14)21-16(20)12-22(3,4)5/h6-8,11,18H,9-10,12H2,1-5H3. The SMILES string of the molecule is CN(C)CCc1c[nH]c2cccc(OC(=O)CS(C)(C)C)c12. The first kappa shape index (κ1) is 16.9. The second-order valence-electron chi connectivity index (χ2n) is 6.76. The number of fused-ring (bicyclic) bond motifs is 1. The number of nitrogens with one attached hydrogen (secondary N) is 1. The number of benzene rings is 1. The molecular formula is C17H26N2O2S. The number of ether oxygens (including phenoxy) is 1. The van der Waals surface area contributed by atoms with Crippen LogP contribution in [0.3, 0.4) is 0 Å². The van der Waals surface area contributed by atoms with E-state index in [1.54, 1.807) is 0 Å². The Balaban J connectivity index is 2.25. The lowest BCUT2D eigenvalue weighted by Gasteiger charge is -2.23. The van der Waals surface area contributed by atoms with Crippen molar-refractivity contribution in [3.8, 4) is 5.75 Å². The van der Waals surface area contributed by atoms with Crippen LogP contribution < -0.4 is 4.74 Å². The lowest BCUT2D eigenvalue weighted by Crippen LogP contribution is -2.17. The largest absolute Gasteiger partial charge is 0.425 e. The fourth-order valence-electron chi connectivity index (χ4n) is 2.35. The molecule has 1 heterocycles. The Labute approximate surface area is 134 Å². The van der Waals surface area contributed by atoms with E-state index in [0.29, 0.717) is 11.5 Å². The van der Waals surface area contributed by atoms with E-state index in [1.807, 2.05) is 24.4 Å². The van der Waals surface area contributed by atoms with Gasteiger partial charge in [0, 0.05) is 23.6 Å². The molecule has 122 valence electrons. The molecule has 1 aromatic heterocycles. The summed E-state index contributed by atoms with van der Waals surface area (Å²) >= 11 is 0. The maximum atomic E-state index is 12.2. The Hall–Kier alpha value is -1.46. The maximum absolute atomic E-state index is 12.2. The fraction of sp³-hybridized carbons (Fsp3) is 0.471. The third kappa shape index (κ3) is 4.52. The highest BCUT2D eigenvalue weighted by atomic mass is 32.3. The maximum Gasteiger partial charge on any atom is 0.319 e. The summed E-state index contributed by atoms with van der Waals surface area (Å²) in [4.78, 5) is 17.6. The van der Waals surface area contributed by atoms with Gasteiger partial charge in [-0.15, -0.1) is 0 Å². The van der Waals surface area contributed by atoms with Crippen LogP contribution in [-0.4, -0.2) is 61.0 Å². The zero-order valence-electron chi connectivity index (χ0n) is 14.1. The van der Waals surface area contributed by atoms with Crippen LogP contribution in [0.4, 0.5) is 0 Å². The first-order valence-corrected chi connectivity index (χ1v) is 10.4. The number of carbonyl (C=O) groups excluding carboxylic acids is 1. The number of likely N-dealkylation sites (N-methyl/N-ethyl adjacent to an activating group) is 1. The highest BCUT2D eigenvalue weighted by molar-refractivity contribution is 8.32. The minimum Gasteiger partial charge on any atom is -0.425 e. The smallest absolute Gasteiger partial charge is 0.319 e. The molecule has 5 heteroatoms. The van der Waals surface area contributed by atoms with Gasteiger partial charge in [-0.05, 0) is 57.0 Å². The van der Waals surface area contributed by atoms with Gasteiger partial charge in [0.05, 0.1) is 5.75 Å². The molecule has 1 aromatic carbocycles. The van der Waals surface area contributed by atoms with Crippen molar-refractivity contribution < 1.29 is 9.53 Å². The number of aromatic nitrogens is 1. The van der Waals surface area contributed by atoms with Gasteiger partial charge >= 0.3 is 5.97 Å². The van der Waals surface area contributed by atoms with Crippen LogP contribution in [0.25, 0.3) is 10.9 Å². The number of esters is 1. The fourth-order valence-corrected chi connectivity index (χ4v) is 3.12. The second-order valence-corrected chi connectivity index (χ2v) is 11.2. The molecule has 0 radical (unpaired) electrons. The number of rotatable bonds is 6. The molecule has 2 aromatic rings. The summed E-state index contributed by atoms with van der Waals surface area (Å²) in [6.45, 7) is 0.960. The van der Waals surface area contributed by atoms with Crippen molar-refractivity contribution in [1.82, 2.24) is 9.88 Å². The van der Waals surface area contributed by atoms with Crippen molar-refractivity contribution in [2.24, 2.45) is 0 Å². The summed E-state index contributed by atoms with van der Waals surface area (Å²) in [7, 11) is 3.21. The average molecular weight is 322 g/mol. The summed E-state index contributed by atoms with van der Waals surface area (Å²) in [5, 5.41) is 1.03. The monoisotopic (exact) mass is 322 g/mol. The summed E-state index contributed by atoms with van der Waals surface area (Å²) in [6.07, 6.45) is 9.29. The molecule has 0 aliphatic heterocycles. The minimum atomic E-state index is -0.904. The second kappa shape index (κ2) is 6.75. The van der Waals surface area contributed by atoms with Crippen molar-refractivity contribution in [2.45, 2.75) is 6.42 Å². The third-order valence-corrected chi connectivity index (χ3v) is 4.45. The highest BCUT2D eigenvalue weighted by Gasteiger charge is 2.16. The van der Waals surface area contributed by atoms with Crippen molar-refractivity contribution in [3.05, 3.63) is 30.0 Å². The van der Waals surface area contributed by atoms with Crippen molar-refractivity contribution in [2.75, 3.05) is 45.2 Å². The van der Waals surface area contributed by atoms with Gasteiger partial charge in [0.1, 0.15) is 5.75 Å². The molecule has 0 unspecified atom stereocenters. The summed E-state index contributed by atoms with van der Waals surface area (Å²) in [5.74, 6) is 1.01. The molecule has 1 N–H and O–H groups in total. The summed E-state index contributed by atoms with van der Waals surface area (Å²) in [6, 6.07) is 5.81. The Bertz CT molecular complexity index is 656. The van der Waals surface area contributed by atoms with Gasteiger partial charge in [-0.1, -0.05) is 6.07 Å². The van der Waals surface area contributed by atoms with Gasteiger partial charge < -0.3 is 14.6 Å². The Morgan fingerprint density at radius 3 is 2.64 bits per heavy atom. The van der Waals surface area contributed by atoms with Gasteiger partial charge in [-0.25, -0.2) is 10.0 Å². The average Bonchev–Trinajstić information content (AvgIpc) is 2.78. The van der Waals surface area contributed by atoms with Gasteiger partial charge in [0.25, 0.3) is 0 Å². The van der Waals surface area contributed by atoms with Crippen LogP contribution >= 0.6 is 10.0 Å². The molecule has 0 amide bonds. The van der Waals surface area contributed by atoms with E-state index in [9.17, 15) is 4.79 Å². The molecule has 0 saturated heterocycles. The van der Waals surface area contributed by atoms with Crippen molar-refractivity contribution in [3.63, 3.8) is 0 Å². The number of hydrogen-bond donors (Lipinski definition) is 1.